The second kappa shape index (κ2) is 7.51. The summed E-state index contributed by atoms with van der Waals surface area (Å²) in [5, 5.41) is 11.9. The molecule has 22 heavy (non-hydrogen) atoms. The molecule has 0 atom stereocenters. The zero-order valence-corrected chi connectivity index (χ0v) is 12.7. The lowest BCUT2D eigenvalue weighted by atomic mass is 10.1. The highest BCUT2D eigenvalue weighted by molar-refractivity contribution is 5.97. The van der Waals surface area contributed by atoms with Crippen molar-refractivity contribution < 1.29 is 14.6 Å². The third-order valence-electron chi connectivity index (χ3n) is 3.09. The fourth-order valence-corrected chi connectivity index (χ4v) is 2.03. The molecule has 0 radical (unpaired) electrons. The number of carbonyl (C=O) groups excluding carboxylic acids is 1. The summed E-state index contributed by atoms with van der Waals surface area (Å²) in [4.78, 5) is 20.7. The average Bonchev–Trinajstić information content (AvgIpc) is 2.53. The van der Waals surface area contributed by atoms with Gasteiger partial charge in [0, 0.05) is 6.20 Å². The van der Waals surface area contributed by atoms with Gasteiger partial charge in [0.1, 0.15) is 5.56 Å². The number of aliphatic hydroxyl groups excluding tert-OH is 1. The molecule has 2 heterocycles. The van der Waals surface area contributed by atoms with Crippen LogP contribution in [0.4, 0.5) is 0 Å². The van der Waals surface area contributed by atoms with E-state index in [-0.39, 0.29) is 19.1 Å². The quantitative estimate of drug-likeness (QED) is 0.846. The Bertz CT molecular complexity index is 659. The Hall–Kier alpha value is -2.47. The van der Waals surface area contributed by atoms with Crippen molar-refractivity contribution in [3.63, 3.8) is 0 Å². The normalized spacial score (nSPS) is 10.3. The van der Waals surface area contributed by atoms with Crippen molar-refractivity contribution in [1.82, 2.24) is 15.3 Å². The molecule has 2 rings (SSSR count). The first-order valence-electron chi connectivity index (χ1n) is 7.08. The summed E-state index contributed by atoms with van der Waals surface area (Å²) >= 11 is 0. The van der Waals surface area contributed by atoms with Crippen molar-refractivity contribution >= 4 is 5.91 Å². The molecule has 0 spiro atoms. The SMILES string of the molecule is CCOc1nccc(C)c1C(=O)NCc1cccc(CO)n1. The van der Waals surface area contributed by atoms with Crippen molar-refractivity contribution in [2.24, 2.45) is 0 Å². The molecule has 0 aliphatic heterocycles. The molecule has 0 saturated carbocycles. The summed E-state index contributed by atoms with van der Waals surface area (Å²) in [7, 11) is 0. The number of hydrogen-bond donors (Lipinski definition) is 2. The van der Waals surface area contributed by atoms with Crippen molar-refractivity contribution in [2.75, 3.05) is 6.61 Å². The van der Waals surface area contributed by atoms with Gasteiger partial charge in [-0.15, -0.1) is 0 Å². The van der Waals surface area contributed by atoms with Crippen LogP contribution in [0, 0.1) is 6.92 Å². The van der Waals surface area contributed by atoms with Gasteiger partial charge >= 0.3 is 0 Å². The van der Waals surface area contributed by atoms with Crippen LogP contribution in [0.1, 0.15) is 34.2 Å². The van der Waals surface area contributed by atoms with E-state index in [9.17, 15) is 4.79 Å². The number of hydrogen-bond acceptors (Lipinski definition) is 5. The predicted octanol–water partition coefficient (Wildman–Crippen LogP) is 1.61. The number of pyridine rings is 2. The van der Waals surface area contributed by atoms with E-state index in [1.54, 1.807) is 30.5 Å². The maximum Gasteiger partial charge on any atom is 0.257 e. The second-order valence-corrected chi connectivity index (χ2v) is 4.70. The number of aliphatic hydroxyl groups is 1. The number of ether oxygens (including phenoxy) is 1. The highest BCUT2D eigenvalue weighted by Gasteiger charge is 2.16. The van der Waals surface area contributed by atoms with Crippen LogP contribution in [-0.2, 0) is 13.2 Å². The molecule has 0 saturated heterocycles. The number of amides is 1. The molecule has 0 unspecified atom stereocenters. The standard InChI is InChI=1S/C16H19N3O3/c1-3-22-16-14(11(2)7-8-17-16)15(21)18-9-12-5-4-6-13(10-20)19-12/h4-8,20H,3,9-10H2,1-2H3,(H,18,21). The highest BCUT2D eigenvalue weighted by atomic mass is 16.5. The Morgan fingerprint density at radius 2 is 2.09 bits per heavy atom. The van der Waals surface area contributed by atoms with Gasteiger partial charge in [0.25, 0.3) is 5.91 Å². The predicted molar refractivity (Wildman–Crippen MR) is 81.5 cm³/mol. The van der Waals surface area contributed by atoms with Crippen LogP contribution >= 0.6 is 0 Å². The van der Waals surface area contributed by atoms with Crippen LogP contribution in [0.15, 0.2) is 30.5 Å². The number of aromatic nitrogens is 2. The first kappa shape index (κ1) is 15.9. The minimum absolute atomic E-state index is 0.127. The topological polar surface area (TPSA) is 84.3 Å². The third kappa shape index (κ3) is 3.79. The van der Waals surface area contributed by atoms with Gasteiger partial charge < -0.3 is 15.2 Å². The third-order valence-corrected chi connectivity index (χ3v) is 3.09. The molecule has 6 heteroatoms. The van der Waals surface area contributed by atoms with E-state index in [1.807, 2.05) is 13.8 Å². The van der Waals surface area contributed by atoms with Gasteiger partial charge in [-0.2, -0.15) is 0 Å². The smallest absolute Gasteiger partial charge is 0.257 e. The van der Waals surface area contributed by atoms with Crippen LogP contribution in [0.5, 0.6) is 5.88 Å². The Morgan fingerprint density at radius 3 is 2.82 bits per heavy atom. The lowest BCUT2D eigenvalue weighted by molar-refractivity contribution is 0.0945. The molecule has 0 aliphatic carbocycles. The van der Waals surface area contributed by atoms with E-state index in [0.717, 1.165) is 5.56 Å². The fraction of sp³-hybridized carbons (Fsp3) is 0.312. The van der Waals surface area contributed by atoms with Gasteiger partial charge in [0.05, 0.1) is 31.1 Å². The summed E-state index contributed by atoms with van der Waals surface area (Å²) in [5.41, 5.74) is 2.48. The van der Waals surface area contributed by atoms with E-state index >= 15 is 0 Å². The van der Waals surface area contributed by atoms with Crippen LogP contribution in [0.2, 0.25) is 0 Å². The average molecular weight is 301 g/mol. The molecule has 0 aliphatic rings. The maximum atomic E-state index is 12.4. The molecule has 2 aromatic rings. The highest BCUT2D eigenvalue weighted by Crippen LogP contribution is 2.19. The van der Waals surface area contributed by atoms with Gasteiger partial charge in [-0.25, -0.2) is 4.98 Å². The van der Waals surface area contributed by atoms with E-state index < -0.39 is 0 Å². The molecular formula is C16H19N3O3. The van der Waals surface area contributed by atoms with Gasteiger partial charge in [0.2, 0.25) is 5.88 Å². The van der Waals surface area contributed by atoms with Gasteiger partial charge in [-0.1, -0.05) is 6.07 Å². The van der Waals surface area contributed by atoms with Gasteiger partial charge in [-0.3, -0.25) is 9.78 Å². The molecule has 0 fully saturated rings. The summed E-state index contributed by atoms with van der Waals surface area (Å²) in [6.45, 7) is 4.27. The van der Waals surface area contributed by atoms with E-state index in [1.165, 1.54) is 0 Å². The Labute approximate surface area is 129 Å². The molecule has 2 N–H and O–H groups in total. The first-order chi connectivity index (χ1) is 10.7. The van der Waals surface area contributed by atoms with E-state index in [4.69, 9.17) is 9.84 Å². The molecule has 6 nitrogen and oxygen atoms in total. The van der Waals surface area contributed by atoms with Crippen LogP contribution in [-0.4, -0.2) is 27.6 Å². The summed E-state index contributed by atoms with van der Waals surface area (Å²) in [6, 6.07) is 7.08. The zero-order chi connectivity index (χ0) is 15.9. The van der Waals surface area contributed by atoms with Gasteiger partial charge in [-0.05, 0) is 37.6 Å². The fourth-order valence-electron chi connectivity index (χ4n) is 2.03. The Balaban J connectivity index is 2.12. The van der Waals surface area contributed by atoms with Crippen molar-refractivity contribution in [1.29, 1.82) is 0 Å². The Morgan fingerprint density at radius 1 is 1.32 bits per heavy atom. The monoisotopic (exact) mass is 301 g/mol. The molecule has 1 amide bonds. The maximum absolute atomic E-state index is 12.4. The lowest BCUT2D eigenvalue weighted by Gasteiger charge is -2.12. The van der Waals surface area contributed by atoms with E-state index in [2.05, 4.69) is 15.3 Å². The summed E-state index contributed by atoms with van der Waals surface area (Å²) < 4.78 is 5.41. The van der Waals surface area contributed by atoms with Crippen LogP contribution < -0.4 is 10.1 Å². The van der Waals surface area contributed by atoms with Crippen LogP contribution in [0.3, 0.4) is 0 Å². The van der Waals surface area contributed by atoms with Crippen molar-refractivity contribution in [3.8, 4) is 5.88 Å². The zero-order valence-electron chi connectivity index (χ0n) is 12.7. The molecule has 0 bridgehead atoms. The van der Waals surface area contributed by atoms with Crippen molar-refractivity contribution in [2.45, 2.75) is 27.0 Å². The number of nitrogens with one attached hydrogen (secondary N) is 1. The molecular weight excluding hydrogens is 282 g/mol. The van der Waals surface area contributed by atoms with Crippen molar-refractivity contribution in [3.05, 3.63) is 53.0 Å². The minimum atomic E-state index is -0.259. The van der Waals surface area contributed by atoms with E-state index in [0.29, 0.717) is 29.4 Å². The van der Waals surface area contributed by atoms with Crippen LogP contribution in [0.25, 0.3) is 0 Å². The number of aryl methyl sites for hydroxylation is 1. The number of carbonyl (C=O) groups is 1. The number of nitrogens with zero attached hydrogens (tertiary/aromatic N) is 2. The molecule has 0 aromatic carbocycles. The first-order valence-corrected chi connectivity index (χ1v) is 7.08. The summed E-state index contributed by atoms with van der Waals surface area (Å²) in [6.07, 6.45) is 1.61. The number of rotatable bonds is 6. The Kier molecular flexibility index (Phi) is 5.43. The molecule has 2 aromatic heterocycles. The second-order valence-electron chi connectivity index (χ2n) is 4.70. The largest absolute Gasteiger partial charge is 0.477 e. The van der Waals surface area contributed by atoms with Gasteiger partial charge in [0.15, 0.2) is 0 Å². The lowest BCUT2D eigenvalue weighted by Crippen LogP contribution is -2.25. The summed E-state index contributed by atoms with van der Waals surface area (Å²) in [5.74, 6) is 0.0716. The minimum Gasteiger partial charge on any atom is -0.477 e. The molecule has 116 valence electrons.